The molecule has 108 valence electrons. The van der Waals surface area contributed by atoms with E-state index in [1.807, 2.05) is 0 Å². The van der Waals surface area contributed by atoms with Crippen molar-refractivity contribution in [1.82, 2.24) is 0 Å². The highest BCUT2D eigenvalue weighted by Crippen LogP contribution is 2.20. The van der Waals surface area contributed by atoms with E-state index >= 15 is 0 Å². The van der Waals surface area contributed by atoms with Crippen LogP contribution in [0.5, 0.6) is 5.75 Å². The normalized spacial score (nSPS) is 17.6. The first-order valence-corrected chi connectivity index (χ1v) is 7.02. The summed E-state index contributed by atoms with van der Waals surface area (Å²) in [6.07, 6.45) is 4.60. The van der Waals surface area contributed by atoms with Gasteiger partial charge in [-0.25, -0.2) is 4.39 Å². The van der Waals surface area contributed by atoms with Crippen molar-refractivity contribution in [3.05, 3.63) is 29.6 Å². The van der Waals surface area contributed by atoms with Crippen molar-refractivity contribution in [3.63, 3.8) is 0 Å². The molecule has 1 fully saturated rings. The van der Waals surface area contributed by atoms with E-state index in [0.717, 1.165) is 32.3 Å². The van der Waals surface area contributed by atoms with Gasteiger partial charge in [-0.05, 0) is 43.9 Å². The first-order chi connectivity index (χ1) is 9.79. The molecule has 1 aromatic rings. The maximum absolute atomic E-state index is 13.2. The van der Waals surface area contributed by atoms with Crippen molar-refractivity contribution < 1.29 is 13.9 Å². The van der Waals surface area contributed by atoms with Gasteiger partial charge in [-0.1, -0.05) is 11.8 Å². The Morgan fingerprint density at radius 3 is 3.10 bits per heavy atom. The van der Waals surface area contributed by atoms with Gasteiger partial charge in [0.15, 0.2) is 0 Å². The molecule has 2 N–H and O–H groups in total. The summed E-state index contributed by atoms with van der Waals surface area (Å²) < 4.78 is 24.4. The molecule has 3 nitrogen and oxygen atoms in total. The standard InChI is InChI=1S/C16H20FNO2/c17-14-7-8-16(13(12-14)4-1-9-18)20-11-3-6-15-5-2-10-19-15/h7-8,12,15H,2-3,5-6,9-11,18H2. The molecule has 1 unspecified atom stereocenters. The van der Waals surface area contributed by atoms with Gasteiger partial charge < -0.3 is 15.2 Å². The van der Waals surface area contributed by atoms with Crippen LogP contribution in [-0.2, 0) is 4.74 Å². The second-order valence-electron chi connectivity index (χ2n) is 4.77. The highest BCUT2D eigenvalue weighted by Gasteiger charge is 2.14. The van der Waals surface area contributed by atoms with Gasteiger partial charge in [0.2, 0.25) is 0 Å². The third kappa shape index (κ3) is 4.52. The average Bonchev–Trinajstić information content (AvgIpc) is 2.96. The third-order valence-corrected chi connectivity index (χ3v) is 3.22. The molecule has 0 amide bonds. The van der Waals surface area contributed by atoms with E-state index in [-0.39, 0.29) is 12.4 Å². The van der Waals surface area contributed by atoms with Gasteiger partial charge in [-0.2, -0.15) is 0 Å². The lowest BCUT2D eigenvalue weighted by Crippen LogP contribution is -2.08. The predicted octanol–water partition coefficient (Wildman–Crippen LogP) is 2.47. The van der Waals surface area contributed by atoms with E-state index in [1.54, 1.807) is 6.07 Å². The van der Waals surface area contributed by atoms with E-state index in [0.29, 0.717) is 24.0 Å². The summed E-state index contributed by atoms with van der Waals surface area (Å²) in [5.74, 6) is 5.84. The zero-order valence-corrected chi connectivity index (χ0v) is 11.5. The molecule has 1 aromatic carbocycles. The zero-order valence-electron chi connectivity index (χ0n) is 11.5. The number of hydrogen-bond donors (Lipinski definition) is 1. The summed E-state index contributed by atoms with van der Waals surface area (Å²) in [5.41, 5.74) is 5.88. The van der Waals surface area contributed by atoms with E-state index in [9.17, 15) is 4.39 Å². The Labute approximate surface area is 119 Å². The first kappa shape index (κ1) is 14.8. The summed E-state index contributed by atoms with van der Waals surface area (Å²) in [6.45, 7) is 1.71. The minimum absolute atomic E-state index is 0.245. The minimum atomic E-state index is -0.321. The molecule has 0 aromatic heterocycles. The quantitative estimate of drug-likeness (QED) is 0.664. The molecule has 0 saturated carbocycles. The number of nitrogens with two attached hydrogens (primary N) is 1. The number of ether oxygens (including phenoxy) is 2. The molecule has 1 aliphatic rings. The summed E-state index contributed by atoms with van der Waals surface area (Å²) in [7, 11) is 0. The van der Waals surface area contributed by atoms with Crippen LogP contribution in [0, 0.1) is 17.7 Å². The minimum Gasteiger partial charge on any atom is -0.492 e. The zero-order chi connectivity index (χ0) is 14.2. The van der Waals surface area contributed by atoms with Crippen LogP contribution in [0.1, 0.15) is 31.2 Å². The lowest BCUT2D eigenvalue weighted by molar-refractivity contribution is 0.0981. The third-order valence-electron chi connectivity index (χ3n) is 3.22. The van der Waals surface area contributed by atoms with E-state index in [4.69, 9.17) is 15.2 Å². The van der Waals surface area contributed by atoms with E-state index < -0.39 is 0 Å². The number of benzene rings is 1. The van der Waals surface area contributed by atoms with E-state index in [1.165, 1.54) is 12.1 Å². The van der Waals surface area contributed by atoms with Gasteiger partial charge in [0, 0.05) is 6.61 Å². The van der Waals surface area contributed by atoms with Gasteiger partial charge in [0.05, 0.1) is 24.8 Å². The average molecular weight is 277 g/mol. The maximum Gasteiger partial charge on any atom is 0.135 e. The number of hydrogen-bond acceptors (Lipinski definition) is 3. The Kier molecular flexibility index (Phi) is 5.85. The van der Waals surface area contributed by atoms with Gasteiger partial charge in [-0.15, -0.1) is 0 Å². The molecule has 0 spiro atoms. The van der Waals surface area contributed by atoms with Gasteiger partial charge in [0.1, 0.15) is 11.6 Å². The molecule has 1 atom stereocenters. The summed E-state index contributed by atoms with van der Waals surface area (Å²) in [5, 5.41) is 0. The molecule has 0 bridgehead atoms. The molecule has 1 heterocycles. The Morgan fingerprint density at radius 1 is 1.45 bits per heavy atom. The lowest BCUT2D eigenvalue weighted by atomic mass is 10.1. The molecule has 20 heavy (non-hydrogen) atoms. The van der Waals surface area contributed by atoms with Crippen LogP contribution >= 0.6 is 0 Å². The number of halogens is 1. The van der Waals surface area contributed by atoms with Crippen LogP contribution in [0.4, 0.5) is 4.39 Å². The van der Waals surface area contributed by atoms with Crippen LogP contribution in [0.3, 0.4) is 0 Å². The van der Waals surface area contributed by atoms with Crippen LogP contribution in [0.15, 0.2) is 18.2 Å². The van der Waals surface area contributed by atoms with Crippen molar-refractivity contribution in [2.75, 3.05) is 19.8 Å². The molecule has 0 aliphatic carbocycles. The van der Waals surface area contributed by atoms with Gasteiger partial charge in [-0.3, -0.25) is 0 Å². The summed E-state index contributed by atoms with van der Waals surface area (Å²) in [4.78, 5) is 0. The first-order valence-electron chi connectivity index (χ1n) is 7.02. The van der Waals surface area contributed by atoms with Crippen molar-refractivity contribution in [3.8, 4) is 17.6 Å². The van der Waals surface area contributed by atoms with Gasteiger partial charge >= 0.3 is 0 Å². The van der Waals surface area contributed by atoms with Crippen molar-refractivity contribution >= 4 is 0 Å². The summed E-state index contributed by atoms with van der Waals surface area (Å²) >= 11 is 0. The monoisotopic (exact) mass is 277 g/mol. The van der Waals surface area contributed by atoms with Crippen molar-refractivity contribution in [2.24, 2.45) is 5.73 Å². The highest BCUT2D eigenvalue weighted by atomic mass is 19.1. The molecule has 0 radical (unpaired) electrons. The second kappa shape index (κ2) is 7.88. The second-order valence-corrected chi connectivity index (χ2v) is 4.77. The maximum atomic E-state index is 13.2. The topological polar surface area (TPSA) is 44.5 Å². The fourth-order valence-corrected chi connectivity index (χ4v) is 2.24. The lowest BCUT2D eigenvalue weighted by Gasteiger charge is -2.11. The Morgan fingerprint density at radius 2 is 2.35 bits per heavy atom. The predicted molar refractivity (Wildman–Crippen MR) is 76.0 cm³/mol. The van der Waals surface area contributed by atoms with Gasteiger partial charge in [0.25, 0.3) is 0 Å². The largest absolute Gasteiger partial charge is 0.492 e. The molecular formula is C16H20FNO2. The molecular weight excluding hydrogens is 257 g/mol. The summed E-state index contributed by atoms with van der Waals surface area (Å²) in [6, 6.07) is 4.36. The van der Waals surface area contributed by atoms with Crippen LogP contribution in [0.25, 0.3) is 0 Å². The SMILES string of the molecule is NCC#Cc1cc(F)ccc1OCCCC1CCCO1. The Hall–Kier alpha value is -1.57. The highest BCUT2D eigenvalue weighted by molar-refractivity contribution is 5.46. The Balaban J connectivity index is 1.84. The fraction of sp³-hybridized carbons (Fsp3) is 0.500. The van der Waals surface area contributed by atoms with Crippen LogP contribution in [0.2, 0.25) is 0 Å². The van der Waals surface area contributed by atoms with Crippen LogP contribution < -0.4 is 10.5 Å². The molecule has 2 rings (SSSR count). The smallest absolute Gasteiger partial charge is 0.135 e. The fourth-order valence-electron chi connectivity index (χ4n) is 2.24. The van der Waals surface area contributed by atoms with Crippen molar-refractivity contribution in [2.45, 2.75) is 31.8 Å². The van der Waals surface area contributed by atoms with Crippen LogP contribution in [-0.4, -0.2) is 25.9 Å². The molecule has 1 aliphatic heterocycles. The Bertz CT molecular complexity index is 487. The van der Waals surface area contributed by atoms with E-state index in [2.05, 4.69) is 11.8 Å². The van der Waals surface area contributed by atoms with Crippen molar-refractivity contribution in [1.29, 1.82) is 0 Å². The molecule has 4 heteroatoms. The number of rotatable bonds is 5. The molecule has 1 saturated heterocycles.